The van der Waals surface area contributed by atoms with Gasteiger partial charge in [0.15, 0.2) is 15.6 Å². The van der Waals surface area contributed by atoms with E-state index >= 15 is 0 Å². The first-order chi connectivity index (χ1) is 51.5. The van der Waals surface area contributed by atoms with Crippen LogP contribution in [0.25, 0.3) is 10.4 Å². The van der Waals surface area contributed by atoms with Gasteiger partial charge in [0.05, 0.1) is 42.8 Å². The van der Waals surface area contributed by atoms with E-state index in [0.29, 0.717) is 4.90 Å². The summed E-state index contributed by atoms with van der Waals surface area (Å²) in [5.41, 5.74) is 21.0. The highest BCUT2D eigenvalue weighted by Gasteiger charge is 2.38. The number of carbonyl (C=O) groups is 2. The molecule has 5 unspecified atom stereocenters. The van der Waals surface area contributed by atoms with Gasteiger partial charge in [-0.3, -0.25) is 9.64 Å². The minimum atomic E-state index is -1.45. The van der Waals surface area contributed by atoms with Crippen molar-refractivity contribution in [1.82, 2.24) is 4.72 Å². The van der Waals surface area contributed by atoms with Crippen LogP contribution in [0.15, 0.2) is 336 Å². The van der Waals surface area contributed by atoms with Crippen molar-refractivity contribution in [1.29, 1.82) is 0 Å². The number of rotatable bonds is 9. The molecule has 522 valence electrons. The van der Waals surface area contributed by atoms with E-state index in [4.69, 9.17) is 11.3 Å². The lowest BCUT2D eigenvalue weighted by Crippen LogP contribution is -2.37. The predicted octanol–water partition coefficient (Wildman–Crippen LogP) is 22.3. The van der Waals surface area contributed by atoms with Gasteiger partial charge in [-0.1, -0.05) is 251 Å². The highest BCUT2D eigenvalue weighted by molar-refractivity contribution is 7.99. The Kier molecular flexibility index (Phi) is 25.7. The monoisotopic (exact) mass is 1500 g/mol. The minimum Gasteiger partial charge on any atom is -0.593 e. The number of aryl methyl sites for hydroxylation is 2. The number of methoxy groups -OCH3 is 1. The summed E-state index contributed by atoms with van der Waals surface area (Å²) >= 11 is 6.23. The maximum absolute atomic E-state index is 12.9. The predicted molar refractivity (Wildman–Crippen MR) is 439 cm³/mol. The molecule has 12 aromatic rings. The molecular weight excluding hydrogens is 1430 g/mol. The van der Waals surface area contributed by atoms with Crippen molar-refractivity contribution in [3.05, 3.63) is 403 Å². The van der Waals surface area contributed by atoms with E-state index in [1.165, 1.54) is 69.7 Å². The normalized spacial score (nSPS) is 16.7. The van der Waals surface area contributed by atoms with Crippen LogP contribution >= 0.6 is 58.8 Å². The molecule has 0 saturated heterocycles. The number of ether oxygens (including phenoxy) is 1. The molecule has 0 radical (unpaired) electrons. The van der Waals surface area contributed by atoms with Crippen molar-refractivity contribution >= 4 is 105 Å². The summed E-state index contributed by atoms with van der Waals surface area (Å²) in [6.07, 6.45) is 4.15. The molecule has 0 saturated carbocycles. The molecule has 0 aromatic heterocycles. The Balaban J connectivity index is 0.000000118. The Labute approximate surface area is 643 Å². The number of aldehydes is 1. The van der Waals surface area contributed by atoms with E-state index in [0.717, 1.165) is 94.9 Å². The quantitative estimate of drug-likeness (QED) is 0.0489. The van der Waals surface area contributed by atoms with Crippen LogP contribution in [0, 0.1) is 20.4 Å². The minimum absolute atomic E-state index is 0.0202. The molecule has 105 heavy (non-hydrogen) atoms. The Bertz CT molecular complexity index is 4900. The van der Waals surface area contributed by atoms with E-state index in [2.05, 4.69) is 160 Å². The molecule has 17 rings (SSSR count). The maximum atomic E-state index is 12.9. The van der Waals surface area contributed by atoms with Crippen molar-refractivity contribution in [3.63, 3.8) is 0 Å². The average Bonchev–Trinajstić information content (AvgIpc) is 1.75. The number of fused-ring (bicyclic) bond motifs is 10. The van der Waals surface area contributed by atoms with Crippen molar-refractivity contribution in [3.8, 4) is 0 Å². The lowest BCUT2D eigenvalue weighted by atomic mass is 9.86. The number of nitrogens with zero attached hydrogens (tertiary/aromatic N) is 2. The summed E-state index contributed by atoms with van der Waals surface area (Å²) in [6, 6.07) is 97.9. The number of hydrogen-bond donors (Lipinski definition) is 1. The van der Waals surface area contributed by atoms with Gasteiger partial charge in [0, 0.05) is 69.9 Å². The molecule has 0 aliphatic carbocycles. The zero-order valence-electron chi connectivity index (χ0n) is 58.1. The van der Waals surface area contributed by atoms with E-state index < -0.39 is 28.9 Å². The first-order valence-electron chi connectivity index (χ1n) is 34.4. The second-order valence-corrected chi connectivity index (χ2v) is 32.7. The molecule has 12 aromatic carbocycles. The molecule has 0 fully saturated rings. The summed E-state index contributed by atoms with van der Waals surface area (Å²) in [5, 5.41) is 0. The number of thioether (sulfide) groups is 5. The molecule has 15 heteroatoms. The zero-order valence-corrected chi connectivity index (χ0v) is 63.8. The van der Waals surface area contributed by atoms with Crippen LogP contribution in [0.4, 0.5) is 0 Å². The molecule has 0 amide bonds. The molecule has 1 N–H and O–H groups in total. The molecule has 0 spiro atoms. The SMILES string of the molecule is COC=C1c2ccccc2CSc2ccccc21.Cc1ccc([S+]([O-])N=CC2c3ccccc3CSc3ccccc32)cc1.O=C1c2ccccc2CSc2ccccc21.O=CC1c2ccccc2CSc2ccccc21.[C-]#[N+][C@@H](N[S+]([O-])c1ccc(C)cc1)C1c2ccccc2CSc2ccccc21. The Morgan fingerprint density at radius 3 is 1.34 bits per heavy atom. The van der Waals surface area contributed by atoms with E-state index in [9.17, 15) is 18.7 Å². The van der Waals surface area contributed by atoms with Crippen LogP contribution in [0.1, 0.15) is 117 Å². The van der Waals surface area contributed by atoms with Gasteiger partial charge in [-0.25, -0.2) is 6.57 Å². The molecule has 5 aliphatic heterocycles. The highest BCUT2D eigenvalue weighted by atomic mass is 32.2. The van der Waals surface area contributed by atoms with E-state index in [-0.39, 0.29) is 23.5 Å². The number of carbonyl (C=O) groups excluding carboxylic acids is 2. The number of nitrogens with one attached hydrogen (secondary N) is 1. The smallest absolute Gasteiger partial charge is 0.325 e. The van der Waals surface area contributed by atoms with E-state index in [1.54, 1.807) is 30.6 Å². The summed E-state index contributed by atoms with van der Waals surface area (Å²) in [5.74, 6) is 4.52. The van der Waals surface area contributed by atoms with Crippen LogP contribution in [0.5, 0.6) is 0 Å². The van der Waals surface area contributed by atoms with Gasteiger partial charge in [0.25, 0.3) is 0 Å². The molecular formula is C90H75N3O5S7. The van der Waals surface area contributed by atoms with Crippen molar-refractivity contribution < 1.29 is 23.4 Å². The van der Waals surface area contributed by atoms with Gasteiger partial charge in [0.2, 0.25) is 0 Å². The van der Waals surface area contributed by atoms with E-state index in [1.807, 2.05) is 207 Å². The summed E-state index contributed by atoms with van der Waals surface area (Å²) in [4.78, 5) is 35.1. The zero-order chi connectivity index (χ0) is 72.4. The summed E-state index contributed by atoms with van der Waals surface area (Å²) in [6.45, 7) is 11.9. The van der Waals surface area contributed by atoms with Crippen molar-refractivity contribution in [2.45, 2.75) is 101 Å². The topological polar surface area (TPSA) is 118 Å². The first-order valence-corrected chi connectivity index (χ1v) is 41.6. The lowest BCUT2D eigenvalue weighted by Gasteiger charge is -2.22. The molecule has 8 nitrogen and oxygen atoms in total. The van der Waals surface area contributed by atoms with Gasteiger partial charge >= 0.3 is 6.17 Å². The molecule has 5 heterocycles. The van der Waals surface area contributed by atoms with Gasteiger partial charge in [-0.15, -0.1) is 58.8 Å². The second-order valence-electron chi connectivity index (χ2n) is 25.2. The van der Waals surface area contributed by atoms with Crippen LogP contribution in [-0.4, -0.2) is 40.7 Å². The fraction of sp³-hybridized carbons (Fsp3) is 0.133. The standard InChI is InChI=1S/C23H20N2OS2.C22H19NOS2.C16H14OS.C15H12OS.C14H10OS/c1-16-11-13-18(14-12-16)28(26)25-23(24-2)22-19-8-4-3-7-17(19)15-27-21-10-6-5-9-20(21)22;1-16-10-12-18(13-11-16)26(24)23-14-21-19-7-3-2-6-17(19)15-25-22-9-5-4-8-20(21)22;1-17-10-15-13-7-3-2-6-12(13)11-18-16-9-5-4-8-14(15)16;16-9-14-12-6-2-1-5-11(12)10-17-15-8-4-3-7-13(14)15;15-14-11-6-2-1-5-10(11)9-16-13-8-4-3-7-12(13)14/h3-14,22-23,25H,15H2,1H3;2-14,21H,15H2,1H3;2-10H,11H2,1H3;1-9,14H,10H2;1-8H,9H2/t22?,23-,28?;;;;/m0..../s1. The molecule has 0 bridgehead atoms. The van der Waals surface area contributed by atoms with Crippen LogP contribution in [-0.2, 0) is 61.0 Å². The highest BCUT2D eigenvalue weighted by Crippen LogP contribution is 2.45. The van der Waals surface area contributed by atoms with Crippen LogP contribution in [0.3, 0.4) is 0 Å². The fourth-order valence-corrected chi connectivity index (χ4v) is 20.3. The van der Waals surface area contributed by atoms with Crippen molar-refractivity contribution in [2.24, 2.45) is 4.40 Å². The Morgan fingerprint density at radius 1 is 0.438 bits per heavy atom. The largest absolute Gasteiger partial charge is 0.593 e. The number of ketones is 1. The summed E-state index contributed by atoms with van der Waals surface area (Å²) in [7, 11) is 1.70. The third kappa shape index (κ3) is 17.9. The number of hydrogen-bond acceptors (Lipinski definition) is 12. The van der Waals surface area contributed by atoms with Gasteiger partial charge in [-0.05, 0) is 147 Å². The molecule has 6 atom stereocenters. The third-order valence-corrected chi connectivity index (χ3v) is 26.3. The van der Waals surface area contributed by atoms with Crippen LogP contribution < -0.4 is 4.72 Å². The lowest BCUT2D eigenvalue weighted by molar-refractivity contribution is -0.108. The fourth-order valence-electron chi connectivity index (χ4n) is 13.2. The summed E-state index contributed by atoms with van der Waals surface area (Å²) < 4.78 is 38.3. The Hall–Kier alpha value is -8.99. The van der Waals surface area contributed by atoms with Gasteiger partial charge in [0.1, 0.15) is 23.6 Å². The van der Waals surface area contributed by atoms with Gasteiger partial charge in [-0.2, -0.15) is 0 Å². The molecule has 5 aliphatic rings. The third-order valence-electron chi connectivity index (χ3n) is 18.5. The number of benzene rings is 12. The maximum Gasteiger partial charge on any atom is 0.325 e. The van der Waals surface area contributed by atoms with Gasteiger partial charge < -0.3 is 18.6 Å². The average molecular weight is 1500 g/mol. The van der Waals surface area contributed by atoms with Crippen LogP contribution in [0.2, 0.25) is 0 Å². The Morgan fingerprint density at radius 2 is 0.810 bits per heavy atom. The first kappa shape index (κ1) is 74.3. The second kappa shape index (κ2) is 36.3. The van der Waals surface area contributed by atoms with Crippen molar-refractivity contribution in [2.75, 3.05) is 7.11 Å².